The van der Waals surface area contributed by atoms with E-state index in [0.717, 1.165) is 0 Å². The minimum absolute atomic E-state index is 0.0347. The lowest BCUT2D eigenvalue weighted by Crippen LogP contribution is -2.28. The van der Waals surface area contributed by atoms with Crippen molar-refractivity contribution >= 4 is 10.0 Å². The van der Waals surface area contributed by atoms with Gasteiger partial charge in [-0.05, 0) is 27.3 Å². The summed E-state index contributed by atoms with van der Waals surface area (Å²) in [5, 5.41) is 9.18. The Labute approximate surface area is 67.7 Å². The van der Waals surface area contributed by atoms with E-state index in [1.807, 2.05) is 0 Å². The van der Waals surface area contributed by atoms with E-state index < -0.39 is 15.6 Å². The molecule has 0 rings (SSSR count). The van der Waals surface area contributed by atoms with Crippen LogP contribution in [0.5, 0.6) is 0 Å². The van der Waals surface area contributed by atoms with Crippen LogP contribution >= 0.6 is 0 Å². The highest BCUT2D eigenvalue weighted by Crippen LogP contribution is 2.07. The van der Waals surface area contributed by atoms with Gasteiger partial charge in [0.2, 0.25) is 10.0 Å². The Balaban J connectivity index is 3.91. The molecule has 68 valence electrons. The topological polar surface area (TPSA) is 66.4 Å². The molecule has 11 heavy (non-hydrogen) atoms. The van der Waals surface area contributed by atoms with Crippen molar-refractivity contribution in [1.82, 2.24) is 4.72 Å². The molecule has 0 aliphatic carbocycles. The van der Waals surface area contributed by atoms with Gasteiger partial charge in [0.1, 0.15) is 0 Å². The largest absolute Gasteiger partial charge is 0.390 e. The molecule has 0 bridgehead atoms. The zero-order chi connectivity index (χ0) is 9.12. The van der Waals surface area contributed by atoms with Gasteiger partial charge in [-0.2, -0.15) is 0 Å². The van der Waals surface area contributed by atoms with Crippen LogP contribution in [0, 0.1) is 0 Å². The van der Waals surface area contributed by atoms with Crippen molar-refractivity contribution in [3.05, 3.63) is 0 Å². The maximum atomic E-state index is 10.8. The fourth-order valence-corrected chi connectivity index (χ4v) is 1.46. The van der Waals surface area contributed by atoms with Crippen LogP contribution in [0.15, 0.2) is 0 Å². The fourth-order valence-electron chi connectivity index (χ4n) is 0.486. The van der Waals surface area contributed by atoms with Crippen molar-refractivity contribution in [3.63, 3.8) is 0 Å². The lowest BCUT2D eigenvalue weighted by atomic mass is 10.1. The first-order chi connectivity index (χ1) is 4.77. The molecule has 0 spiro atoms. The zero-order valence-electron chi connectivity index (χ0n) is 7.09. The summed E-state index contributed by atoms with van der Waals surface area (Å²) in [6.45, 7) is 3.16. The van der Waals surface area contributed by atoms with E-state index in [9.17, 15) is 13.5 Å². The van der Waals surface area contributed by atoms with Gasteiger partial charge in [0.05, 0.1) is 11.4 Å². The van der Waals surface area contributed by atoms with Gasteiger partial charge in [-0.3, -0.25) is 0 Å². The minimum atomic E-state index is -3.16. The fraction of sp³-hybridized carbons (Fsp3) is 1.00. The number of hydrogen-bond acceptors (Lipinski definition) is 3. The summed E-state index contributed by atoms with van der Waals surface area (Å²) in [5.41, 5.74) is -0.913. The monoisotopic (exact) mass is 181 g/mol. The third kappa shape index (κ3) is 6.28. The van der Waals surface area contributed by atoms with Crippen molar-refractivity contribution < 1.29 is 13.5 Å². The summed E-state index contributed by atoms with van der Waals surface area (Å²) in [5.74, 6) is -0.0347. The molecule has 5 heteroatoms. The molecule has 0 aromatic carbocycles. The van der Waals surface area contributed by atoms with E-state index >= 15 is 0 Å². The number of hydrogen-bond donors (Lipinski definition) is 2. The molecule has 0 heterocycles. The molecule has 0 saturated heterocycles. The van der Waals surface area contributed by atoms with Crippen LogP contribution in [0.3, 0.4) is 0 Å². The van der Waals surface area contributed by atoms with E-state index in [1.54, 1.807) is 13.8 Å². The van der Waals surface area contributed by atoms with Gasteiger partial charge in [-0.25, -0.2) is 13.1 Å². The molecular formula is C6H15NO3S. The average molecular weight is 181 g/mol. The molecule has 0 atom stereocenters. The Morgan fingerprint density at radius 3 is 2.18 bits per heavy atom. The highest BCUT2D eigenvalue weighted by atomic mass is 32.2. The third-order valence-electron chi connectivity index (χ3n) is 1.29. The van der Waals surface area contributed by atoms with Gasteiger partial charge < -0.3 is 5.11 Å². The summed E-state index contributed by atoms with van der Waals surface area (Å²) in [7, 11) is -1.80. The first-order valence-electron chi connectivity index (χ1n) is 3.40. The minimum Gasteiger partial charge on any atom is -0.390 e. The molecule has 0 radical (unpaired) electrons. The van der Waals surface area contributed by atoms with E-state index in [4.69, 9.17) is 0 Å². The van der Waals surface area contributed by atoms with Crippen molar-refractivity contribution in [2.45, 2.75) is 25.9 Å². The second-order valence-electron chi connectivity index (χ2n) is 3.09. The van der Waals surface area contributed by atoms with Crippen molar-refractivity contribution in [2.75, 3.05) is 12.8 Å². The number of aliphatic hydroxyl groups is 1. The highest BCUT2D eigenvalue weighted by molar-refractivity contribution is 7.89. The molecule has 0 aromatic heterocycles. The number of sulfonamides is 1. The van der Waals surface area contributed by atoms with Gasteiger partial charge in [-0.15, -0.1) is 0 Å². The molecule has 0 fully saturated rings. The van der Waals surface area contributed by atoms with Crippen LogP contribution in [0.25, 0.3) is 0 Å². The molecule has 2 N–H and O–H groups in total. The molecule has 0 aliphatic rings. The third-order valence-corrected chi connectivity index (χ3v) is 2.66. The molecule has 0 saturated carbocycles. The Kier molecular flexibility index (Phi) is 3.47. The predicted octanol–water partition coefficient (Wildman–Crippen LogP) is -0.303. The van der Waals surface area contributed by atoms with Crippen LogP contribution in [-0.4, -0.2) is 31.9 Å². The summed E-state index contributed by atoms with van der Waals surface area (Å²) in [4.78, 5) is 0. The Bertz CT molecular complexity index is 202. The van der Waals surface area contributed by atoms with Gasteiger partial charge in [0.25, 0.3) is 0 Å². The van der Waals surface area contributed by atoms with Gasteiger partial charge in [0, 0.05) is 0 Å². The van der Waals surface area contributed by atoms with Crippen LogP contribution in [0.4, 0.5) is 0 Å². The van der Waals surface area contributed by atoms with E-state index in [1.165, 1.54) is 7.05 Å². The standard InChI is InChI=1S/C6H15NO3S/c1-6(2,8)4-5-11(9,10)7-3/h7-8H,4-5H2,1-3H3. The Morgan fingerprint density at radius 1 is 1.45 bits per heavy atom. The summed E-state index contributed by atoms with van der Waals surface area (Å²) < 4.78 is 23.8. The van der Waals surface area contributed by atoms with E-state index in [-0.39, 0.29) is 12.2 Å². The van der Waals surface area contributed by atoms with Gasteiger partial charge >= 0.3 is 0 Å². The Morgan fingerprint density at radius 2 is 1.91 bits per heavy atom. The number of rotatable bonds is 4. The second kappa shape index (κ2) is 3.51. The van der Waals surface area contributed by atoms with Crippen LogP contribution < -0.4 is 4.72 Å². The first-order valence-corrected chi connectivity index (χ1v) is 5.06. The molecule has 0 aliphatic heterocycles. The predicted molar refractivity (Wildman–Crippen MR) is 43.8 cm³/mol. The average Bonchev–Trinajstić information content (AvgIpc) is 1.83. The molecule has 0 aromatic rings. The molecule has 0 unspecified atom stereocenters. The van der Waals surface area contributed by atoms with Crippen LogP contribution in [0.2, 0.25) is 0 Å². The summed E-state index contributed by atoms with van der Waals surface area (Å²) in [6, 6.07) is 0. The number of nitrogens with one attached hydrogen (secondary N) is 1. The second-order valence-corrected chi connectivity index (χ2v) is 5.13. The maximum Gasteiger partial charge on any atom is 0.211 e. The normalized spacial score (nSPS) is 13.5. The zero-order valence-corrected chi connectivity index (χ0v) is 7.90. The van der Waals surface area contributed by atoms with Crippen molar-refractivity contribution in [1.29, 1.82) is 0 Å². The van der Waals surface area contributed by atoms with Crippen molar-refractivity contribution in [2.24, 2.45) is 0 Å². The van der Waals surface area contributed by atoms with E-state index in [2.05, 4.69) is 4.72 Å². The smallest absolute Gasteiger partial charge is 0.211 e. The summed E-state index contributed by atoms with van der Waals surface area (Å²) in [6.07, 6.45) is 0.246. The molecular weight excluding hydrogens is 166 g/mol. The van der Waals surface area contributed by atoms with Gasteiger partial charge in [-0.1, -0.05) is 0 Å². The molecule has 4 nitrogen and oxygen atoms in total. The van der Waals surface area contributed by atoms with Crippen LogP contribution in [-0.2, 0) is 10.0 Å². The molecule has 0 amide bonds. The highest BCUT2D eigenvalue weighted by Gasteiger charge is 2.16. The maximum absolute atomic E-state index is 10.8. The van der Waals surface area contributed by atoms with Crippen molar-refractivity contribution in [3.8, 4) is 0 Å². The Hall–Kier alpha value is -0.130. The lowest BCUT2D eigenvalue weighted by molar-refractivity contribution is 0.0772. The lowest BCUT2D eigenvalue weighted by Gasteiger charge is -2.15. The SMILES string of the molecule is CNS(=O)(=O)CCC(C)(C)O. The summed E-state index contributed by atoms with van der Waals surface area (Å²) >= 11 is 0. The quantitative estimate of drug-likeness (QED) is 0.625. The van der Waals surface area contributed by atoms with Crippen LogP contribution in [0.1, 0.15) is 20.3 Å². The first kappa shape index (κ1) is 10.9. The van der Waals surface area contributed by atoms with E-state index in [0.29, 0.717) is 0 Å². The van der Waals surface area contributed by atoms with Gasteiger partial charge in [0.15, 0.2) is 0 Å².